The second-order valence-electron chi connectivity index (χ2n) is 5.36. The van der Waals surface area contributed by atoms with E-state index in [1.54, 1.807) is 10.8 Å². The number of aromatic nitrogens is 3. The monoisotopic (exact) mass is 363 g/mol. The molecule has 8 heteroatoms. The van der Waals surface area contributed by atoms with E-state index in [-0.39, 0.29) is 11.0 Å². The molecule has 4 nitrogen and oxygen atoms in total. The smallest absolute Gasteiger partial charge is 0.181 e. The van der Waals surface area contributed by atoms with Crippen molar-refractivity contribution in [1.82, 2.24) is 14.5 Å². The normalized spacial score (nSPS) is 13.0. The molecule has 2 aromatic heterocycles. The van der Waals surface area contributed by atoms with Gasteiger partial charge in [-0.3, -0.25) is 4.21 Å². The van der Waals surface area contributed by atoms with Crippen LogP contribution in [0.3, 0.4) is 0 Å². The molecule has 0 saturated heterocycles. The molecule has 4 aromatic rings. The molecule has 0 saturated carbocycles. The molecule has 0 aliphatic heterocycles. The van der Waals surface area contributed by atoms with E-state index in [4.69, 9.17) is 0 Å². The van der Waals surface area contributed by atoms with Crippen LogP contribution in [-0.4, -0.2) is 25.0 Å². The number of rotatable bonds is 3. The van der Waals surface area contributed by atoms with Crippen LogP contribution in [0.15, 0.2) is 41.0 Å². The summed E-state index contributed by atoms with van der Waals surface area (Å²) >= 11 is 1.38. The van der Waals surface area contributed by atoms with E-state index in [2.05, 4.69) is 9.97 Å². The fourth-order valence-corrected chi connectivity index (χ4v) is 4.34. The van der Waals surface area contributed by atoms with Gasteiger partial charge in [-0.15, -0.1) is 11.3 Å². The van der Waals surface area contributed by atoms with E-state index < -0.39 is 22.4 Å². The van der Waals surface area contributed by atoms with Crippen LogP contribution in [0.1, 0.15) is 5.56 Å². The fraction of sp³-hybridized carbons (Fsp3) is 0.125. The summed E-state index contributed by atoms with van der Waals surface area (Å²) in [6.45, 7) is 0.400. The predicted octanol–water partition coefficient (Wildman–Crippen LogP) is 3.71. The first-order valence-corrected chi connectivity index (χ1v) is 9.41. The lowest BCUT2D eigenvalue weighted by Crippen LogP contribution is -1.99. The zero-order valence-electron chi connectivity index (χ0n) is 12.5. The first-order chi connectivity index (χ1) is 11.5. The van der Waals surface area contributed by atoms with Crippen LogP contribution in [0.4, 0.5) is 8.78 Å². The van der Waals surface area contributed by atoms with Crippen molar-refractivity contribution in [3.63, 3.8) is 0 Å². The van der Waals surface area contributed by atoms with Crippen molar-refractivity contribution < 1.29 is 13.0 Å². The molecule has 2 heterocycles. The Morgan fingerprint density at radius 2 is 2.04 bits per heavy atom. The first kappa shape index (κ1) is 15.3. The Morgan fingerprint density at radius 3 is 2.83 bits per heavy atom. The van der Waals surface area contributed by atoms with E-state index >= 15 is 0 Å². The van der Waals surface area contributed by atoms with Gasteiger partial charge in [0.2, 0.25) is 0 Å². The summed E-state index contributed by atoms with van der Waals surface area (Å²) in [4.78, 5) is 8.38. The largest absolute Gasteiger partial charge is 0.324 e. The van der Waals surface area contributed by atoms with E-state index in [0.29, 0.717) is 10.9 Å². The Balaban J connectivity index is 1.75. The minimum absolute atomic E-state index is 0.274. The molecule has 4 rings (SSSR count). The van der Waals surface area contributed by atoms with E-state index in [0.717, 1.165) is 21.8 Å². The highest BCUT2D eigenvalue weighted by atomic mass is 32.2. The second-order valence-corrected chi connectivity index (χ2v) is 7.95. The Kier molecular flexibility index (Phi) is 3.65. The van der Waals surface area contributed by atoms with Gasteiger partial charge in [0.25, 0.3) is 0 Å². The minimum Gasteiger partial charge on any atom is -0.324 e. The highest BCUT2D eigenvalue weighted by Crippen LogP contribution is 2.26. The number of hydrogen-bond acceptors (Lipinski definition) is 4. The second kappa shape index (κ2) is 5.71. The average Bonchev–Trinajstić information content (AvgIpc) is 3.11. The van der Waals surface area contributed by atoms with Crippen LogP contribution in [0, 0.1) is 11.6 Å². The van der Waals surface area contributed by atoms with E-state index in [9.17, 15) is 13.0 Å². The quantitative estimate of drug-likeness (QED) is 0.557. The zero-order valence-corrected chi connectivity index (χ0v) is 14.1. The summed E-state index contributed by atoms with van der Waals surface area (Å²) in [7, 11) is -1.12. The Bertz CT molecular complexity index is 1100. The molecular weight excluding hydrogens is 352 g/mol. The molecule has 1 atom stereocenters. The number of nitrogens with zero attached hydrogens (tertiary/aromatic N) is 3. The fourth-order valence-electron chi connectivity index (χ4n) is 2.61. The van der Waals surface area contributed by atoms with Gasteiger partial charge in [-0.1, -0.05) is 6.07 Å². The molecule has 24 heavy (non-hydrogen) atoms. The Labute approximate surface area is 142 Å². The SMILES string of the molecule is CS(=O)c1nc2ccc(Cn3cnc4cc(F)cc(F)c43)cc2s1. The Morgan fingerprint density at radius 1 is 1.21 bits per heavy atom. The van der Waals surface area contributed by atoms with Gasteiger partial charge in [-0.2, -0.15) is 0 Å². The maximum absolute atomic E-state index is 14.0. The summed E-state index contributed by atoms with van der Waals surface area (Å²) < 4.78 is 42.0. The highest BCUT2D eigenvalue weighted by Gasteiger charge is 2.12. The van der Waals surface area contributed by atoms with Gasteiger partial charge in [0.1, 0.15) is 11.3 Å². The summed E-state index contributed by atoms with van der Waals surface area (Å²) in [5.74, 6) is -1.28. The average molecular weight is 363 g/mol. The maximum Gasteiger partial charge on any atom is 0.181 e. The van der Waals surface area contributed by atoms with Gasteiger partial charge in [0, 0.05) is 24.9 Å². The van der Waals surface area contributed by atoms with Crippen molar-refractivity contribution >= 4 is 43.4 Å². The Hall–Kier alpha value is -2.19. The van der Waals surface area contributed by atoms with Crippen LogP contribution < -0.4 is 0 Å². The maximum atomic E-state index is 14.0. The third-order valence-corrected chi connectivity index (χ3v) is 6.01. The molecule has 0 spiro atoms. The lowest BCUT2D eigenvalue weighted by molar-refractivity contribution is 0.587. The molecule has 0 aliphatic rings. The first-order valence-electron chi connectivity index (χ1n) is 7.04. The molecule has 0 N–H and O–H groups in total. The molecule has 0 amide bonds. The minimum atomic E-state index is -1.12. The van der Waals surface area contributed by atoms with Gasteiger partial charge in [-0.05, 0) is 17.7 Å². The van der Waals surface area contributed by atoms with Crippen molar-refractivity contribution in [3.8, 4) is 0 Å². The van der Waals surface area contributed by atoms with Crippen LogP contribution in [0.5, 0.6) is 0 Å². The van der Waals surface area contributed by atoms with Crippen LogP contribution in [0.2, 0.25) is 0 Å². The van der Waals surface area contributed by atoms with Gasteiger partial charge in [0.15, 0.2) is 10.2 Å². The highest BCUT2D eigenvalue weighted by molar-refractivity contribution is 7.86. The number of halogens is 2. The number of imidazole rings is 1. The van der Waals surface area contributed by atoms with Gasteiger partial charge < -0.3 is 4.57 Å². The molecule has 2 aromatic carbocycles. The lowest BCUT2D eigenvalue weighted by atomic mass is 10.2. The van der Waals surface area contributed by atoms with Gasteiger partial charge in [0.05, 0.1) is 32.9 Å². The van der Waals surface area contributed by atoms with Crippen molar-refractivity contribution in [3.05, 3.63) is 53.9 Å². The lowest BCUT2D eigenvalue weighted by Gasteiger charge is -2.05. The number of hydrogen-bond donors (Lipinski definition) is 0. The number of thiazole rings is 1. The van der Waals surface area contributed by atoms with E-state index in [1.165, 1.54) is 23.7 Å². The summed E-state index contributed by atoms with van der Waals surface area (Å²) in [5.41, 5.74) is 2.28. The number of benzene rings is 2. The van der Waals surface area contributed by atoms with Crippen LogP contribution in [-0.2, 0) is 17.3 Å². The summed E-state index contributed by atoms with van der Waals surface area (Å²) in [6, 6.07) is 7.75. The molecule has 1 unspecified atom stereocenters. The molecule has 0 radical (unpaired) electrons. The summed E-state index contributed by atoms with van der Waals surface area (Å²) in [5, 5.41) is 0. The summed E-state index contributed by atoms with van der Waals surface area (Å²) in [6.07, 6.45) is 3.09. The topological polar surface area (TPSA) is 47.8 Å². The van der Waals surface area contributed by atoms with Gasteiger partial charge in [-0.25, -0.2) is 18.7 Å². The van der Waals surface area contributed by atoms with Gasteiger partial charge >= 0.3 is 0 Å². The van der Waals surface area contributed by atoms with E-state index in [1.807, 2.05) is 18.2 Å². The molecular formula is C16H11F2N3OS2. The van der Waals surface area contributed by atoms with Crippen LogP contribution in [0.25, 0.3) is 21.3 Å². The third-order valence-electron chi connectivity index (χ3n) is 3.66. The molecule has 122 valence electrons. The number of fused-ring (bicyclic) bond motifs is 2. The standard InChI is InChI=1S/C16H11F2N3OS2/c1-24(22)16-20-12-3-2-9(4-14(12)23-16)7-21-8-19-13-6-10(17)5-11(18)15(13)21/h2-6,8H,7H2,1H3. The third kappa shape index (κ3) is 2.61. The zero-order chi connectivity index (χ0) is 16.8. The van der Waals surface area contributed by atoms with Crippen molar-refractivity contribution in [2.45, 2.75) is 10.9 Å². The molecule has 0 aliphatic carbocycles. The van der Waals surface area contributed by atoms with Crippen LogP contribution >= 0.6 is 11.3 Å². The van der Waals surface area contributed by atoms with Crippen molar-refractivity contribution in [2.75, 3.05) is 6.26 Å². The van der Waals surface area contributed by atoms with Crippen molar-refractivity contribution in [2.24, 2.45) is 0 Å². The van der Waals surface area contributed by atoms with Crippen molar-refractivity contribution in [1.29, 1.82) is 0 Å². The molecule has 0 bridgehead atoms. The molecule has 0 fully saturated rings. The predicted molar refractivity (Wildman–Crippen MR) is 90.7 cm³/mol.